The molecular formula is C25H33N5O4S. The molecule has 10 heteroatoms. The highest BCUT2D eigenvalue weighted by Gasteiger charge is 2.30. The topological polar surface area (TPSA) is 97.6 Å². The van der Waals surface area contributed by atoms with Crippen LogP contribution in [-0.2, 0) is 21.4 Å². The van der Waals surface area contributed by atoms with Gasteiger partial charge in [-0.05, 0) is 68.5 Å². The van der Waals surface area contributed by atoms with E-state index < -0.39 is 15.6 Å². The molecule has 1 aromatic heterocycles. The molecule has 1 aliphatic rings. The van der Waals surface area contributed by atoms with Crippen molar-refractivity contribution in [1.82, 2.24) is 24.4 Å². The van der Waals surface area contributed by atoms with Crippen LogP contribution in [0.15, 0.2) is 53.4 Å². The molecule has 1 saturated heterocycles. The number of fused-ring (bicyclic) bond motifs is 1. The lowest BCUT2D eigenvalue weighted by atomic mass is 10.0. The molecule has 2 aromatic carbocycles. The summed E-state index contributed by atoms with van der Waals surface area (Å²) in [5, 5.41) is 8.05. The Kier molecular flexibility index (Phi) is 7.14. The summed E-state index contributed by atoms with van der Waals surface area (Å²) in [5.74, 6) is 0.113. The largest absolute Gasteiger partial charge is 0.385 e. The number of carbonyl (C=O) groups excluding carboxylic acids is 1. The minimum absolute atomic E-state index is 0.165. The van der Waals surface area contributed by atoms with E-state index in [0.29, 0.717) is 36.6 Å². The summed E-state index contributed by atoms with van der Waals surface area (Å²) in [6, 6.07) is 14.4. The smallest absolute Gasteiger partial charge is 0.264 e. The van der Waals surface area contributed by atoms with E-state index in [0.717, 1.165) is 23.3 Å². The van der Waals surface area contributed by atoms with Crippen molar-refractivity contribution in [3.8, 4) is 0 Å². The number of amides is 1. The molecule has 0 bridgehead atoms. The first-order valence-electron chi connectivity index (χ1n) is 11.9. The van der Waals surface area contributed by atoms with Crippen LogP contribution in [0.5, 0.6) is 0 Å². The highest BCUT2D eigenvalue weighted by molar-refractivity contribution is 7.89. The van der Waals surface area contributed by atoms with E-state index in [1.165, 1.54) is 10.4 Å². The van der Waals surface area contributed by atoms with Crippen LogP contribution in [0.2, 0.25) is 0 Å². The third-order valence-corrected chi connectivity index (χ3v) is 8.11. The van der Waals surface area contributed by atoms with Crippen LogP contribution in [0.4, 0.5) is 0 Å². The summed E-state index contributed by atoms with van der Waals surface area (Å²) in [7, 11) is -3.65. The van der Waals surface area contributed by atoms with Crippen molar-refractivity contribution < 1.29 is 18.0 Å². The number of hydrogen-bond acceptors (Lipinski definition) is 6. The molecule has 4 rings (SSSR count). The van der Waals surface area contributed by atoms with Gasteiger partial charge in [-0.25, -0.2) is 8.42 Å². The zero-order valence-corrected chi connectivity index (χ0v) is 21.5. The molecule has 2 heterocycles. The Morgan fingerprint density at radius 2 is 1.91 bits per heavy atom. The van der Waals surface area contributed by atoms with Gasteiger partial charge in [-0.3, -0.25) is 4.79 Å². The molecule has 1 fully saturated rings. The highest BCUT2D eigenvalue weighted by atomic mass is 32.2. The van der Waals surface area contributed by atoms with Crippen LogP contribution < -0.4 is 4.84 Å². The van der Waals surface area contributed by atoms with Gasteiger partial charge in [-0.15, -0.1) is 5.10 Å². The molecule has 1 atom stereocenters. The lowest BCUT2D eigenvalue weighted by molar-refractivity contribution is -0.142. The Bertz CT molecular complexity index is 1280. The number of carbonyl (C=O) groups is 1. The van der Waals surface area contributed by atoms with E-state index in [9.17, 15) is 13.2 Å². The molecule has 1 aliphatic heterocycles. The van der Waals surface area contributed by atoms with Crippen LogP contribution in [0.3, 0.4) is 0 Å². The molecule has 35 heavy (non-hydrogen) atoms. The molecule has 3 aromatic rings. The van der Waals surface area contributed by atoms with E-state index in [1.807, 2.05) is 51.1 Å². The number of rotatable bonds is 7. The van der Waals surface area contributed by atoms with E-state index in [1.54, 1.807) is 17.0 Å². The molecule has 9 nitrogen and oxygen atoms in total. The second-order valence-electron chi connectivity index (χ2n) is 10.1. The molecule has 1 amide bonds. The van der Waals surface area contributed by atoms with Gasteiger partial charge < -0.3 is 9.74 Å². The van der Waals surface area contributed by atoms with Crippen LogP contribution in [0.1, 0.15) is 46.1 Å². The molecule has 0 spiro atoms. The van der Waals surface area contributed by atoms with Gasteiger partial charge in [0.05, 0.1) is 4.90 Å². The summed E-state index contributed by atoms with van der Waals surface area (Å²) in [6.45, 7) is 9.17. The number of aromatic nitrogens is 3. The minimum atomic E-state index is -3.65. The minimum Gasteiger partial charge on any atom is -0.385 e. The number of nitrogens with zero attached hydrogens (tertiary/aromatic N) is 5. The lowest BCUT2D eigenvalue weighted by Gasteiger charge is -2.35. The molecule has 0 radical (unpaired) electrons. The van der Waals surface area contributed by atoms with Crippen molar-refractivity contribution in [2.75, 3.05) is 19.7 Å². The van der Waals surface area contributed by atoms with E-state index in [4.69, 9.17) is 4.84 Å². The van der Waals surface area contributed by atoms with Crippen LogP contribution in [-0.4, -0.2) is 63.9 Å². The van der Waals surface area contributed by atoms with Crippen molar-refractivity contribution in [2.24, 2.45) is 5.92 Å². The summed E-state index contributed by atoms with van der Waals surface area (Å²) in [5.41, 5.74) is 1.48. The van der Waals surface area contributed by atoms with E-state index >= 15 is 0 Å². The molecular weight excluding hydrogens is 466 g/mol. The van der Waals surface area contributed by atoms with Crippen molar-refractivity contribution in [3.05, 3.63) is 54.1 Å². The number of hydrogen-bond donors (Lipinski definition) is 0. The fourth-order valence-electron chi connectivity index (χ4n) is 4.31. The van der Waals surface area contributed by atoms with Crippen LogP contribution in [0.25, 0.3) is 11.0 Å². The quantitative estimate of drug-likeness (QED) is 0.496. The SMILES string of the molecule is CC1CCCN(S(=O)(=O)c2ccc3nnn(OCC(=O)N(Cc4ccccc4)C(C)(C)C)c3c2)C1. The molecule has 188 valence electrons. The molecule has 0 N–H and O–H groups in total. The Balaban J connectivity index is 1.52. The average molecular weight is 500 g/mol. The van der Waals surface area contributed by atoms with Gasteiger partial charge in [0.15, 0.2) is 6.61 Å². The normalized spacial score (nSPS) is 17.4. The zero-order chi connectivity index (χ0) is 25.2. The maximum absolute atomic E-state index is 13.2. The standard InChI is InChI=1S/C25H33N5O4S/c1-19-9-8-14-28(16-19)35(32,33)21-12-13-22-23(15-21)30(27-26-22)34-18-24(31)29(25(2,3)4)17-20-10-6-5-7-11-20/h5-7,10-13,15,19H,8-9,14,16-18H2,1-4H3. The Morgan fingerprint density at radius 1 is 1.17 bits per heavy atom. The predicted molar refractivity (Wildman–Crippen MR) is 133 cm³/mol. The van der Waals surface area contributed by atoms with Crippen molar-refractivity contribution in [1.29, 1.82) is 0 Å². The Hall–Kier alpha value is -2.98. The van der Waals surface area contributed by atoms with Gasteiger partial charge >= 0.3 is 0 Å². The summed E-state index contributed by atoms with van der Waals surface area (Å²) in [6.07, 6.45) is 1.88. The van der Waals surface area contributed by atoms with Gasteiger partial charge in [0, 0.05) is 25.2 Å². The van der Waals surface area contributed by atoms with Crippen molar-refractivity contribution in [2.45, 2.75) is 57.5 Å². The van der Waals surface area contributed by atoms with Gasteiger partial charge in [0.25, 0.3) is 5.91 Å². The number of benzene rings is 2. The van der Waals surface area contributed by atoms with Gasteiger partial charge in [-0.1, -0.05) is 42.1 Å². The average Bonchev–Trinajstić information content (AvgIpc) is 3.23. The van der Waals surface area contributed by atoms with Crippen molar-refractivity contribution in [3.63, 3.8) is 0 Å². The number of piperidine rings is 1. The maximum Gasteiger partial charge on any atom is 0.264 e. The lowest BCUT2D eigenvalue weighted by Crippen LogP contribution is -2.47. The molecule has 1 unspecified atom stereocenters. The van der Waals surface area contributed by atoms with Crippen LogP contribution >= 0.6 is 0 Å². The van der Waals surface area contributed by atoms with Crippen molar-refractivity contribution >= 4 is 27.0 Å². The zero-order valence-electron chi connectivity index (χ0n) is 20.7. The first kappa shape index (κ1) is 25.1. The van der Waals surface area contributed by atoms with E-state index in [2.05, 4.69) is 17.2 Å². The monoisotopic (exact) mass is 499 g/mol. The highest BCUT2D eigenvalue weighted by Crippen LogP contribution is 2.25. The number of sulfonamides is 1. The second kappa shape index (κ2) is 9.94. The summed E-state index contributed by atoms with van der Waals surface area (Å²) in [4.78, 5) is 21.9. The summed E-state index contributed by atoms with van der Waals surface area (Å²) >= 11 is 0. The predicted octanol–water partition coefficient (Wildman–Crippen LogP) is 3.11. The second-order valence-corrected chi connectivity index (χ2v) is 12.1. The van der Waals surface area contributed by atoms with Gasteiger partial charge in [0.2, 0.25) is 10.0 Å². The Labute approximate surface area is 206 Å². The third-order valence-electron chi connectivity index (χ3n) is 6.25. The van der Waals surface area contributed by atoms with Crippen LogP contribution in [0, 0.1) is 5.92 Å². The Morgan fingerprint density at radius 3 is 2.60 bits per heavy atom. The first-order chi connectivity index (χ1) is 16.6. The molecule has 0 saturated carbocycles. The van der Waals surface area contributed by atoms with Gasteiger partial charge in [-0.2, -0.15) is 4.31 Å². The maximum atomic E-state index is 13.2. The van der Waals surface area contributed by atoms with E-state index in [-0.39, 0.29) is 17.4 Å². The first-order valence-corrected chi connectivity index (χ1v) is 13.3. The fraction of sp³-hybridized carbons (Fsp3) is 0.480. The fourth-order valence-corrected chi connectivity index (χ4v) is 5.93. The van der Waals surface area contributed by atoms with Gasteiger partial charge in [0.1, 0.15) is 11.0 Å². The summed E-state index contributed by atoms with van der Waals surface area (Å²) < 4.78 is 28.0. The molecule has 0 aliphatic carbocycles. The third kappa shape index (κ3) is 5.65.